The van der Waals surface area contributed by atoms with E-state index in [0.29, 0.717) is 41.7 Å². The summed E-state index contributed by atoms with van der Waals surface area (Å²) in [5.41, 5.74) is 1.10. The van der Waals surface area contributed by atoms with Crippen molar-refractivity contribution in [3.63, 3.8) is 0 Å². The molecule has 1 N–H and O–H groups in total. The third-order valence-corrected chi connectivity index (χ3v) is 8.39. The van der Waals surface area contributed by atoms with Crippen molar-refractivity contribution in [2.45, 2.75) is 45.1 Å². The van der Waals surface area contributed by atoms with Crippen LogP contribution in [0.2, 0.25) is 5.02 Å². The van der Waals surface area contributed by atoms with Gasteiger partial charge in [-0.1, -0.05) is 17.7 Å². The number of oxazole rings is 1. The Hall–Kier alpha value is -3.64. The fraction of sp³-hybridized carbons (Fsp3) is 0.393. The number of aliphatic imine (C=N–C) groups is 1. The van der Waals surface area contributed by atoms with Gasteiger partial charge >= 0.3 is 11.9 Å². The van der Waals surface area contributed by atoms with E-state index < -0.39 is 34.6 Å². The van der Waals surface area contributed by atoms with E-state index in [0.717, 1.165) is 18.9 Å². The normalized spacial score (nSPS) is 20.8. The number of carbonyl (C=O) groups excluding carboxylic acids is 2. The molecule has 1 aliphatic heterocycles. The van der Waals surface area contributed by atoms with Crippen molar-refractivity contribution in [3.05, 3.63) is 80.1 Å². The molecule has 5 rings (SSSR count). The van der Waals surface area contributed by atoms with Crippen LogP contribution in [-0.4, -0.2) is 41.5 Å². The van der Waals surface area contributed by atoms with Crippen LogP contribution in [0.4, 0.5) is 8.78 Å². The molecule has 1 aliphatic carbocycles. The molecule has 0 bridgehead atoms. The molecule has 1 saturated carbocycles. The van der Waals surface area contributed by atoms with Gasteiger partial charge in [0.05, 0.1) is 24.3 Å². The van der Waals surface area contributed by atoms with Crippen molar-refractivity contribution in [1.29, 1.82) is 0 Å². The van der Waals surface area contributed by atoms with Gasteiger partial charge in [0, 0.05) is 29.3 Å². The quantitative estimate of drug-likeness (QED) is 0.253. The van der Waals surface area contributed by atoms with Gasteiger partial charge in [-0.05, 0) is 50.5 Å². The van der Waals surface area contributed by atoms with E-state index in [-0.39, 0.29) is 35.3 Å². The van der Waals surface area contributed by atoms with Crippen LogP contribution in [0.3, 0.4) is 0 Å². The number of thiazole rings is 1. The fourth-order valence-corrected chi connectivity index (χ4v) is 6.10. The maximum absolute atomic E-state index is 14.6. The molecular formula is C28H27ClF2N4O5S. The highest BCUT2D eigenvalue weighted by Gasteiger charge is 2.38. The highest BCUT2D eigenvalue weighted by Crippen LogP contribution is 2.43. The molecule has 0 spiro atoms. The van der Waals surface area contributed by atoms with Crippen LogP contribution < -0.4 is 5.32 Å². The van der Waals surface area contributed by atoms with Crippen molar-refractivity contribution in [1.82, 2.24) is 15.3 Å². The average Bonchev–Trinajstić information content (AvgIpc) is 3.69. The number of rotatable bonds is 8. The van der Waals surface area contributed by atoms with Crippen LogP contribution >= 0.6 is 22.9 Å². The Morgan fingerprint density at radius 1 is 1.20 bits per heavy atom. The van der Waals surface area contributed by atoms with Crippen LogP contribution in [0.15, 0.2) is 50.7 Å². The topological polar surface area (TPSA) is 116 Å². The molecule has 0 saturated heterocycles. The van der Waals surface area contributed by atoms with Crippen molar-refractivity contribution in [2.75, 3.05) is 13.7 Å². The molecule has 41 heavy (non-hydrogen) atoms. The molecule has 1 aromatic carbocycles. The Bertz CT molecular complexity index is 1500. The summed E-state index contributed by atoms with van der Waals surface area (Å²) >= 11 is 7.63. The minimum Gasteiger partial charge on any atom is -0.464 e. The predicted octanol–water partition coefficient (Wildman–Crippen LogP) is 5.81. The molecule has 1 fully saturated rings. The highest BCUT2D eigenvalue weighted by atomic mass is 35.5. The van der Waals surface area contributed by atoms with E-state index in [1.54, 1.807) is 18.5 Å². The average molecular weight is 605 g/mol. The first-order valence-electron chi connectivity index (χ1n) is 13.1. The third-order valence-electron chi connectivity index (χ3n) is 7.23. The standard InChI is InChI=1S/C28H27ClF2N4O5S/c1-3-39-28(37)20-23(15-6-4-14(5-7-15)12-19-33-18(13-40-19)27(36)38-2)34-25(26-32-10-11-41-26)35-24(20)16-8-9-17(30)22(31)21(16)29/h8-11,13-15,24H,3-7,12H2,1-2H3,(H,34,35). The molecule has 13 heteroatoms. The summed E-state index contributed by atoms with van der Waals surface area (Å²) in [6.07, 6.45) is 6.49. The molecular weight excluding hydrogens is 578 g/mol. The zero-order chi connectivity index (χ0) is 29.1. The monoisotopic (exact) mass is 604 g/mol. The van der Waals surface area contributed by atoms with E-state index in [2.05, 4.69) is 15.3 Å². The fourth-order valence-electron chi connectivity index (χ4n) is 5.25. The maximum atomic E-state index is 14.6. The minimum atomic E-state index is -1.21. The lowest BCUT2D eigenvalue weighted by atomic mass is 9.77. The van der Waals surface area contributed by atoms with Crippen molar-refractivity contribution in [3.8, 4) is 0 Å². The van der Waals surface area contributed by atoms with Gasteiger partial charge in [0.15, 0.2) is 34.1 Å². The Kier molecular flexibility index (Phi) is 8.79. The second-order valence-corrected chi connectivity index (χ2v) is 11.0. The summed E-state index contributed by atoms with van der Waals surface area (Å²) in [5, 5.41) is 5.26. The largest absolute Gasteiger partial charge is 0.464 e. The lowest BCUT2D eigenvalue weighted by molar-refractivity contribution is -0.139. The van der Waals surface area contributed by atoms with E-state index in [9.17, 15) is 18.4 Å². The number of aromatic nitrogens is 2. The van der Waals surface area contributed by atoms with Crippen LogP contribution in [-0.2, 0) is 20.7 Å². The SMILES string of the molecule is CCOC(=O)C1=C(C2CCC(Cc3nc(C(=O)OC)co3)CC2)NC(c2nccs2)=NC1c1ccc(F)c(F)c1Cl. The summed E-state index contributed by atoms with van der Waals surface area (Å²) in [6.45, 7) is 1.81. The second kappa shape index (κ2) is 12.5. The predicted molar refractivity (Wildman–Crippen MR) is 147 cm³/mol. The summed E-state index contributed by atoms with van der Waals surface area (Å²) in [7, 11) is 1.28. The van der Waals surface area contributed by atoms with Gasteiger partial charge in [0.1, 0.15) is 12.3 Å². The maximum Gasteiger partial charge on any atom is 0.360 e. The highest BCUT2D eigenvalue weighted by molar-refractivity contribution is 7.11. The Balaban J connectivity index is 1.46. The summed E-state index contributed by atoms with van der Waals surface area (Å²) in [5.74, 6) is -2.44. The Labute approximate surface area is 243 Å². The summed E-state index contributed by atoms with van der Waals surface area (Å²) < 4.78 is 44.1. The zero-order valence-electron chi connectivity index (χ0n) is 22.3. The van der Waals surface area contributed by atoms with Gasteiger partial charge < -0.3 is 19.2 Å². The van der Waals surface area contributed by atoms with Crippen LogP contribution in [0.1, 0.15) is 65.6 Å². The zero-order valence-corrected chi connectivity index (χ0v) is 23.9. The number of esters is 2. The van der Waals surface area contributed by atoms with Gasteiger partial charge in [-0.2, -0.15) is 0 Å². The van der Waals surface area contributed by atoms with Crippen LogP contribution in [0, 0.1) is 23.5 Å². The number of ether oxygens (including phenoxy) is 2. The molecule has 0 radical (unpaired) electrons. The van der Waals surface area contributed by atoms with E-state index >= 15 is 0 Å². The van der Waals surface area contributed by atoms with Crippen molar-refractivity contribution >= 4 is 40.7 Å². The van der Waals surface area contributed by atoms with Gasteiger partial charge in [-0.15, -0.1) is 11.3 Å². The number of carbonyl (C=O) groups is 2. The number of allylic oxidation sites excluding steroid dienone is 1. The molecule has 3 aromatic rings. The van der Waals surface area contributed by atoms with E-state index in [1.807, 2.05) is 0 Å². The van der Waals surface area contributed by atoms with Gasteiger partial charge in [-0.25, -0.2) is 28.3 Å². The number of hydrogen-bond donors (Lipinski definition) is 1. The summed E-state index contributed by atoms with van der Waals surface area (Å²) in [4.78, 5) is 38.4. The first-order valence-corrected chi connectivity index (χ1v) is 14.4. The molecule has 2 aromatic heterocycles. The van der Waals surface area contributed by atoms with E-state index in [1.165, 1.54) is 30.8 Å². The first kappa shape index (κ1) is 28.9. The number of halogens is 3. The van der Waals surface area contributed by atoms with Gasteiger partial charge in [0.2, 0.25) is 0 Å². The van der Waals surface area contributed by atoms with Gasteiger partial charge in [-0.3, -0.25) is 4.99 Å². The third kappa shape index (κ3) is 6.03. The lowest BCUT2D eigenvalue weighted by Crippen LogP contribution is -2.38. The minimum absolute atomic E-state index is 0.0853. The number of amidine groups is 1. The number of nitrogens with one attached hydrogen (secondary N) is 1. The molecule has 216 valence electrons. The van der Waals surface area contributed by atoms with Gasteiger partial charge in [0.25, 0.3) is 0 Å². The summed E-state index contributed by atoms with van der Waals surface area (Å²) in [6, 6.07) is 1.28. The molecule has 1 atom stereocenters. The number of methoxy groups -OCH3 is 1. The molecule has 1 unspecified atom stereocenters. The smallest absolute Gasteiger partial charge is 0.360 e. The molecule has 0 amide bonds. The lowest BCUT2D eigenvalue weighted by Gasteiger charge is -2.35. The van der Waals surface area contributed by atoms with Crippen LogP contribution in [0.5, 0.6) is 0 Å². The number of hydrogen-bond acceptors (Lipinski definition) is 10. The molecule has 9 nitrogen and oxygen atoms in total. The number of nitrogens with zero attached hydrogens (tertiary/aromatic N) is 3. The van der Waals surface area contributed by atoms with Crippen molar-refractivity contribution in [2.24, 2.45) is 16.8 Å². The van der Waals surface area contributed by atoms with Crippen molar-refractivity contribution < 1.29 is 32.3 Å². The molecule has 2 aliphatic rings. The Morgan fingerprint density at radius 2 is 1.98 bits per heavy atom. The van der Waals surface area contributed by atoms with Crippen LogP contribution in [0.25, 0.3) is 0 Å². The molecule has 3 heterocycles. The first-order chi connectivity index (χ1) is 19.8. The number of benzene rings is 1. The van der Waals surface area contributed by atoms with E-state index in [4.69, 9.17) is 30.5 Å². The second-order valence-electron chi connectivity index (χ2n) is 9.69. The Morgan fingerprint density at radius 3 is 2.66 bits per heavy atom.